The molecule has 0 bridgehead atoms. The third kappa shape index (κ3) is 2.54. The van der Waals surface area contributed by atoms with Gasteiger partial charge in [-0.05, 0) is 30.3 Å². The van der Waals surface area contributed by atoms with E-state index in [4.69, 9.17) is 0 Å². The summed E-state index contributed by atoms with van der Waals surface area (Å²) in [4.78, 5) is 0.0260. The number of sulfonamides is 1. The van der Waals surface area contributed by atoms with Crippen molar-refractivity contribution < 1.29 is 12.8 Å². The first-order valence-corrected chi connectivity index (χ1v) is 8.66. The zero-order valence-corrected chi connectivity index (χ0v) is 12.7. The Morgan fingerprint density at radius 3 is 2.90 bits per heavy atom. The molecule has 1 N–H and O–H groups in total. The molecule has 1 aliphatic heterocycles. The Balaban J connectivity index is 2.05. The highest BCUT2D eigenvalue weighted by atomic mass is 32.2. The van der Waals surface area contributed by atoms with E-state index in [0.717, 1.165) is 11.8 Å². The van der Waals surface area contributed by atoms with E-state index in [1.807, 2.05) is 6.92 Å². The Labute approximate surface area is 125 Å². The number of hydrogen-bond acceptors (Lipinski definition) is 6. The van der Waals surface area contributed by atoms with Crippen molar-refractivity contribution in [2.24, 2.45) is 0 Å². The van der Waals surface area contributed by atoms with Crippen molar-refractivity contribution in [1.82, 2.24) is 24.9 Å². The molecule has 2 aromatic rings. The maximum absolute atomic E-state index is 13.8. The SMILES string of the molecule is CC1SCCN1S(=O)(=O)c1ccc(F)c(-c2nn[nH]n2)c1. The van der Waals surface area contributed by atoms with Crippen LogP contribution in [0, 0.1) is 5.82 Å². The fourth-order valence-electron chi connectivity index (χ4n) is 2.14. The predicted molar refractivity (Wildman–Crippen MR) is 75.4 cm³/mol. The quantitative estimate of drug-likeness (QED) is 0.906. The van der Waals surface area contributed by atoms with Gasteiger partial charge in [-0.15, -0.1) is 22.0 Å². The number of aromatic amines is 1. The highest BCUT2D eigenvalue weighted by Gasteiger charge is 2.33. The molecule has 0 saturated carbocycles. The molecule has 1 saturated heterocycles. The van der Waals surface area contributed by atoms with Gasteiger partial charge >= 0.3 is 0 Å². The van der Waals surface area contributed by atoms with Gasteiger partial charge in [0.1, 0.15) is 5.82 Å². The zero-order valence-electron chi connectivity index (χ0n) is 11.0. The van der Waals surface area contributed by atoms with E-state index in [2.05, 4.69) is 20.6 Å². The largest absolute Gasteiger partial charge is 0.244 e. The van der Waals surface area contributed by atoms with Crippen LogP contribution in [0.25, 0.3) is 11.4 Å². The number of nitrogens with zero attached hydrogens (tertiary/aromatic N) is 4. The summed E-state index contributed by atoms with van der Waals surface area (Å²) >= 11 is 1.56. The highest BCUT2D eigenvalue weighted by Crippen LogP contribution is 2.31. The normalized spacial score (nSPS) is 20.0. The number of rotatable bonds is 3. The van der Waals surface area contributed by atoms with Gasteiger partial charge in [0.05, 0.1) is 15.8 Å². The summed E-state index contributed by atoms with van der Waals surface area (Å²) in [6.07, 6.45) is 0. The Morgan fingerprint density at radius 2 is 2.29 bits per heavy atom. The summed E-state index contributed by atoms with van der Waals surface area (Å²) in [5.74, 6) is 0.173. The van der Waals surface area contributed by atoms with Crippen LogP contribution in [0.4, 0.5) is 4.39 Å². The van der Waals surface area contributed by atoms with Crippen LogP contribution in [-0.2, 0) is 10.0 Å². The van der Waals surface area contributed by atoms with Gasteiger partial charge in [-0.25, -0.2) is 12.8 Å². The van der Waals surface area contributed by atoms with E-state index in [-0.39, 0.29) is 21.7 Å². The van der Waals surface area contributed by atoms with Crippen molar-refractivity contribution >= 4 is 21.8 Å². The minimum Gasteiger partial charge on any atom is -0.207 e. The summed E-state index contributed by atoms with van der Waals surface area (Å²) in [6, 6.07) is 3.60. The number of halogens is 1. The lowest BCUT2D eigenvalue weighted by Crippen LogP contribution is -2.33. The first-order valence-electron chi connectivity index (χ1n) is 6.17. The van der Waals surface area contributed by atoms with Gasteiger partial charge in [-0.3, -0.25) is 0 Å². The average molecular weight is 329 g/mol. The second kappa shape index (κ2) is 5.35. The fraction of sp³-hybridized carbons (Fsp3) is 0.364. The van der Waals surface area contributed by atoms with Crippen molar-refractivity contribution in [3.05, 3.63) is 24.0 Å². The number of aromatic nitrogens is 4. The first-order chi connectivity index (χ1) is 10.00. The maximum atomic E-state index is 13.8. The first kappa shape index (κ1) is 14.4. The molecule has 112 valence electrons. The molecule has 1 fully saturated rings. The Kier molecular flexibility index (Phi) is 3.68. The molecule has 1 unspecified atom stereocenters. The van der Waals surface area contributed by atoms with Crippen LogP contribution in [0.3, 0.4) is 0 Å². The lowest BCUT2D eigenvalue weighted by Gasteiger charge is -2.20. The monoisotopic (exact) mass is 329 g/mol. The molecule has 3 rings (SSSR count). The standard InChI is InChI=1S/C11H12FN5O2S2/c1-7-17(4-5-20-7)21(18,19)8-2-3-10(12)9(6-8)11-13-15-16-14-11/h2-3,6-7H,4-5H2,1H3,(H,13,14,15,16). The summed E-state index contributed by atoms with van der Waals surface area (Å²) < 4.78 is 40.5. The number of tetrazole rings is 1. The van der Waals surface area contributed by atoms with Gasteiger partial charge in [0.2, 0.25) is 15.8 Å². The molecule has 1 aromatic carbocycles. The van der Waals surface area contributed by atoms with Crippen LogP contribution in [-0.4, -0.2) is 51.0 Å². The van der Waals surface area contributed by atoms with Gasteiger partial charge < -0.3 is 0 Å². The minimum absolute atomic E-state index is 0.00401. The van der Waals surface area contributed by atoms with Crippen LogP contribution in [0.2, 0.25) is 0 Å². The molecule has 0 radical (unpaired) electrons. The Bertz CT molecular complexity index is 750. The van der Waals surface area contributed by atoms with Crippen molar-refractivity contribution in [1.29, 1.82) is 0 Å². The summed E-state index contributed by atoms with van der Waals surface area (Å²) in [7, 11) is -3.66. The predicted octanol–water partition coefficient (Wildman–Crippen LogP) is 1.09. The van der Waals surface area contributed by atoms with Gasteiger partial charge in [0.15, 0.2) is 0 Å². The number of hydrogen-bond donors (Lipinski definition) is 1. The molecule has 21 heavy (non-hydrogen) atoms. The fourth-order valence-corrected chi connectivity index (χ4v) is 5.19. The van der Waals surface area contributed by atoms with Gasteiger partial charge in [-0.1, -0.05) is 0 Å². The van der Waals surface area contributed by atoms with Gasteiger partial charge in [0, 0.05) is 12.3 Å². The molecule has 2 heterocycles. The van der Waals surface area contributed by atoms with Crippen LogP contribution in [0.5, 0.6) is 0 Å². The second-order valence-electron chi connectivity index (χ2n) is 4.46. The summed E-state index contributed by atoms with van der Waals surface area (Å²) in [6.45, 7) is 2.28. The van der Waals surface area contributed by atoms with Gasteiger partial charge in [-0.2, -0.15) is 9.52 Å². The number of benzene rings is 1. The second-order valence-corrected chi connectivity index (χ2v) is 7.78. The lowest BCUT2D eigenvalue weighted by molar-refractivity contribution is 0.442. The molecule has 7 nitrogen and oxygen atoms in total. The number of H-pyrrole nitrogens is 1. The van der Waals surface area contributed by atoms with E-state index in [9.17, 15) is 12.8 Å². The molecular weight excluding hydrogens is 317 g/mol. The van der Waals surface area contributed by atoms with E-state index in [1.54, 1.807) is 11.8 Å². The number of thioether (sulfide) groups is 1. The number of nitrogens with one attached hydrogen (secondary N) is 1. The third-order valence-electron chi connectivity index (χ3n) is 3.21. The van der Waals surface area contributed by atoms with E-state index in [1.165, 1.54) is 16.4 Å². The van der Waals surface area contributed by atoms with Crippen LogP contribution in [0.15, 0.2) is 23.1 Å². The van der Waals surface area contributed by atoms with Crippen molar-refractivity contribution in [2.45, 2.75) is 17.2 Å². The minimum atomic E-state index is -3.66. The molecule has 10 heteroatoms. The lowest BCUT2D eigenvalue weighted by atomic mass is 10.2. The average Bonchev–Trinajstić information content (AvgIpc) is 3.10. The molecular formula is C11H12FN5O2S2. The van der Waals surface area contributed by atoms with Crippen molar-refractivity contribution in [3.8, 4) is 11.4 Å². The Hall–Kier alpha value is -1.52. The van der Waals surface area contributed by atoms with Crippen LogP contribution in [0.1, 0.15) is 6.92 Å². The summed E-state index contributed by atoms with van der Waals surface area (Å²) in [5, 5.41) is 12.8. The van der Waals surface area contributed by atoms with Gasteiger partial charge in [0.25, 0.3) is 0 Å². The Morgan fingerprint density at radius 1 is 1.48 bits per heavy atom. The third-order valence-corrected chi connectivity index (χ3v) is 6.46. The van der Waals surface area contributed by atoms with Crippen LogP contribution < -0.4 is 0 Å². The molecule has 0 spiro atoms. The van der Waals surface area contributed by atoms with E-state index >= 15 is 0 Å². The smallest absolute Gasteiger partial charge is 0.207 e. The van der Waals surface area contributed by atoms with E-state index < -0.39 is 15.8 Å². The summed E-state index contributed by atoms with van der Waals surface area (Å²) in [5.41, 5.74) is 0.00401. The van der Waals surface area contributed by atoms with Crippen molar-refractivity contribution in [3.63, 3.8) is 0 Å². The highest BCUT2D eigenvalue weighted by molar-refractivity contribution is 8.01. The molecule has 0 amide bonds. The molecule has 1 aliphatic rings. The zero-order chi connectivity index (χ0) is 15.0. The van der Waals surface area contributed by atoms with Crippen LogP contribution >= 0.6 is 11.8 Å². The van der Waals surface area contributed by atoms with E-state index in [0.29, 0.717) is 6.54 Å². The topological polar surface area (TPSA) is 91.8 Å². The van der Waals surface area contributed by atoms with Crippen molar-refractivity contribution in [2.75, 3.05) is 12.3 Å². The maximum Gasteiger partial charge on any atom is 0.244 e. The molecule has 1 aromatic heterocycles. The molecule has 0 aliphatic carbocycles. The molecule has 1 atom stereocenters.